The molecule has 0 saturated carbocycles. The Morgan fingerprint density at radius 3 is 2.64 bits per heavy atom. The van der Waals surface area contributed by atoms with Crippen molar-refractivity contribution in [2.75, 3.05) is 0 Å². The Morgan fingerprint density at radius 2 is 2.07 bits per heavy atom. The molecule has 0 fully saturated rings. The maximum Gasteiger partial charge on any atom is 0.316 e. The van der Waals surface area contributed by atoms with Crippen LogP contribution in [0.1, 0.15) is 12.0 Å². The average molecular weight is 208 g/mol. The zero-order valence-corrected chi connectivity index (χ0v) is 8.52. The molecule has 0 saturated heterocycles. The van der Waals surface area contributed by atoms with Crippen LogP contribution in [0.4, 0.5) is 0 Å². The normalized spacial score (nSPS) is 12.9. The Bertz CT molecular complexity index is 319. The fraction of sp³-hybridized carbons (Fsp3) is 0.182. The molecule has 1 aromatic rings. The second-order valence-electron chi connectivity index (χ2n) is 2.90. The van der Waals surface area contributed by atoms with Crippen LogP contribution in [0.5, 0.6) is 0 Å². The number of carboxylic acid groups (broad SMARTS) is 1. The lowest BCUT2D eigenvalue weighted by Gasteiger charge is -1.99. The monoisotopic (exact) mass is 208 g/mol. The van der Waals surface area contributed by atoms with Crippen molar-refractivity contribution in [3.8, 4) is 0 Å². The van der Waals surface area contributed by atoms with Crippen LogP contribution in [0, 0.1) is 0 Å². The van der Waals surface area contributed by atoms with Crippen molar-refractivity contribution in [2.45, 2.75) is 11.7 Å². The number of carboxylic acids is 1. The van der Waals surface area contributed by atoms with Crippen LogP contribution < -0.4 is 0 Å². The Morgan fingerprint density at radius 1 is 1.43 bits per heavy atom. The fourth-order valence-electron chi connectivity index (χ4n) is 0.998. The van der Waals surface area contributed by atoms with Crippen molar-refractivity contribution >= 4 is 24.7 Å². The van der Waals surface area contributed by atoms with Gasteiger partial charge in [0, 0.05) is 0 Å². The van der Waals surface area contributed by atoms with Gasteiger partial charge in [-0.05, 0) is 12.0 Å². The number of allylic oxidation sites excluding steroid dienone is 1. The van der Waals surface area contributed by atoms with Crippen molar-refractivity contribution in [2.24, 2.45) is 0 Å². The molecule has 0 aromatic heterocycles. The van der Waals surface area contributed by atoms with E-state index in [9.17, 15) is 4.79 Å². The number of thiol groups is 1. The highest BCUT2D eigenvalue weighted by molar-refractivity contribution is 7.81. The highest BCUT2D eigenvalue weighted by atomic mass is 32.1. The quantitative estimate of drug-likeness (QED) is 0.746. The van der Waals surface area contributed by atoms with E-state index >= 15 is 0 Å². The average Bonchev–Trinajstić information content (AvgIpc) is 2.19. The van der Waals surface area contributed by atoms with E-state index in [-0.39, 0.29) is 0 Å². The van der Waals surface area contributed by atoms with Crippen molar-refractivity contribution < 1.29 is 9.90 Å². The lowest BCUT2D eigenvalue weighted by atomic mass is 10.2. The Kier molecular flexibility index (Phi) is 4.26. The molecule has 3 heteroatoms. The van der Waals surface area contributed by atoms with Crippen molar-refractivity contribution in [3.63, 3.8) is 0 Å². The van der Waals surface area contributed by atoms with Crippen LogP contribution in [0.25, 0.3) is 6.08 Å². The van der Waals surface area contributed by atoms with Gasteiger partial charge < -0.3 is 5.11 Å². The van der Waals surface area contributed by atoms with E-state index in [1.165, 1.54) is 0 Å². The zero-order chi connectivity index (χ0) is 10.4. The minimum Gasteiger partial charge on any atom is -0.480 e. The van der Waals surface area contributed by atoms with Crippen molar-refractivity contribution in [3.05, 3.63) is 42.0 Å². The number of hydrogen-bond donors (Lipinski definition) is 2. The van der Waals surface area contributed by atoms with Gasteiger partial charge in [0.1, 0.15) is 5.25 Å². The predicted octanol–water partition coefficient (Wildman–Crippen LogP) is 2.47. The molecular formula is C11H12O2S. The third kappa shape index (κ3) is 3.66. The van der Waals surface area contributed by atoms with Crippen LogP contribution >= 0.6 is 12.6 Å². The predicted molar refractivity (Wildman–Crippen MR) is 60.5 cm³/mol. The van der Waals surface area contributed by atoms with Gasteiger partial charge in [0.05, 0.1) is 0 Å². The van der Waals surface area contributed by atoms with Gasteiger partial charge in [0.25, 0.3) is 0 Å². The van der Waals surface area contributed by atoms with Crippen LogP contribution in [0.2, 0.25) is 0 Å². The zero-order valence-electron chi connectivity index (χ0n) is 7.63. The van der Waals surface area contributed by atoms with Crippen molar-refractivity contribution in [1.82, 2.24) is 0 Å². The lowest BCUT2D eigenvalue weighted by molar-refractivity contribution is -0.136. The molecule has 0 spiro atoms. The second kappa shape index (κ2) is 5.50. The minimum atomic E-state index is -0.883. The molecule has 0 bridgehead atoms. The molecule has 74 valence electrons. The summed E-state index contributed by atoms with van der Waals surface area (Å²) in [5.41, 5.74) is 1.07. The summed E-state index contributed by atoms with van der Waals surface area (Å²) in [5, 5.41) is 7.95. The highest BCUT2D eigenvalue weighted by Gasteiger charge is 2.08. The van der Waals surface area contributed by atoms with Crippen LogP contribution in [0.3, 0.4) is 0 Å². The largest absolute Gasteiger partial charge is 0.480 e. The molecule has 1 atom stereocenters. The standard InChI is InChI=1S/C11H12O2S/c12-11(13)10(14)8-4-7-9-5-2-1-3-6-9/h1-7,10,14H,8H2,(H,12,13)/b7-4+. The molecule has 1 N–H and O–H groups in total. The molecule has 1 aromatic carbocycles. The molecule has 0 aliphatic heterocycles. The fourth-order valence-corrected chi connectivity index (χ4v) is 1.12. The summed E-state index contributed by atoms with van der Waals surface area (Å²) in [6.07, 6.45) is 4.15. The van der Waals surface area contributed by atoms with Gasteiger partial charge in [0.15, 0.2) is 0 Å². The van der Waals surface area contributed by atoms with E-state index in [0.717, 1.165) is 5.56 Å². The van der Waals surface area contributed by atoms with Gasteiger partial charge >= 0.3 is 5.97 Å². The van der Waals surface area contributed by atoms with Crippen LogP contribution in [0.15, 0.2) is 36.4 Å². The minimum absolute atomic E-state index is 0.438. The third-order valence-corrected chi connectivity index (χ3v) is 2.19. The number of benzene rings is 1. The second-order valence-corrected chi connectivity index (χ2v) is 3.53. The van der Waals surface area contributed by atoms with Crippen LogP contribution in [-0.4, -0.2) is 16.3 Å². The molecular weight excluding hydrogens is 196 g/mol. The van der Waals surface area contributed by atoms with E-state index in [1.807, 2.05) is 42.5 Å². The van der Waals surface area contributed by atoms with Gasteiger partial charge in [-0.1, -0.05) is 42.5 Å². The first kappa shape index (κ1) is 10.9. The number of carbonyl (C=O) groups is 1. The van der Waals surface area contributed by atoms with Crippen molar-refractivity contribution in [1.29, 1.82) is 0 Å². The smallest absolute Gasteiger partial charge is 0.316 e. The van der Waals surface area contributed by atoms with E-state index in [1.54, 1.807) is 0 Å². The Balaban J connectivity index is 2.46. The van der Waals surface area contributed by atoms with Gasteiger partial charge in [-0.25, -0.2) is 0 Å². The first-order valence-corrected chi connectivity index (χ1v) is 4.84. The molecule has 0 radical (unpaired) electrons. The maximum atomic E-state index is 10.4. The van der Waals surface area contributed by atoms with Gasteiger partial charge in [-0.3, -0.25) is 4.79 Å². The summed E-state index contributed by atoms with van der Waals surface area (Å²) in [7, 11) is 0. The summed E-state index contributed by atoms with van der Waals surface area (Å²) < 4.78 is 0. The van der Waals surface area contributed by atoms with Crippen LogP contribution in [-0.2, 0) is 4.79 Å². The summed E-state index contributed by atoms with van der Waals surface area (Å²) in [5.74, 6) is -0.883. The third-order valence-electron chi connectivity index (χ3n) is 1.75. The highest BCUT2D eigenvalue weighted by Crippen LogP contribution is 2.06. The lowest BCUT2D eigenvalue weighted by Crippen LogP contribution is -2.11. The topological polar surface area (TPSA) is 37.3 Å². The summed E-state index contributed by atoms with van der Waals surface area (Å²) in [6, 6.07) is 9.75. The molecule has 0 heterocycles. The van der Waals surface area contributed by atoms with E-state index in [2.05, 4.69) is 12.6 Å². The maximum absolute atomic E-state index is 10.4. The number of aliphatic carboxylic acids is 1. The molecule has 2 nitrogen and oxygen atoms in total. The number of hydrogen-bond acceptors (Lipinski definition) is 2. The molecule has 0 aliphatic carbocycles. The summed E-state index contributed by atoms with van der Waals surface area (Å²) in [6.45, 7) is 0. The Hall–Kier alpha value is -1.22. The van der Waals surface area contributed by atoms with E-state index in [0.29, 0.717) is 6.42 Å². The van der Waals surface area contributed by atoms with Gasteiger partial charge in [-0.2, -0.15) is 12.6 Å². The molecule has 0 aliphatic rings. The summed E-state index contributed by atoms with van der Waals surface area (Å²) >= 11 is 3.92. The molecule has 1 unspecified atom stereocenters. The first-order chi connectivity index (χ1) is 6.70. The van der Waals surface area contributed by atoms with Gasteiger partial charge in [-0.15, -0.1) is 0 Å². The Labute approximate surface area is 88.7 Å². The summed E-state index contributed by atoms with van der Waals surface area (Å²) in [4.78, 5) is 10.4. The van der Waals surface area contributed by atoms with E-state index in [4.69, 9.17) is 5.11 Å². The number of rotatable bonds is 4. The van der Waals surface area contributed by atoms with E-state index < -0.39 is 11.2 Å². The SMILES string of the molecule is O=C(O)C(S)C/C=C/c1ccccc1. The van der Waals surface area contributed by atoms with Gasteiger partial charge in [0.2, 0.25) is 0 Å². The molecule has 14 heavy (non-hydrogen) atoms. The first-order valence-electron chi connectivity index (χ1n) is 4.32. The molecule has 1 rings (SSSR count). The molecule has 0 amide bonds.